The summed E-state index contributed by atoms with van der Waals surface area (Å²) < 4.78 is 0. The Morgan fingerprint density at radius 1 is 1.58 bits per heavy atom. The lowest BCUT2D eigenvalue weighted by Crippen LogP contribution is -2.32. The van der Waals surface area contributed by atoms with Crippen LogP contribution >= 0.6 is 0 Å². The van der Waals surface area contributed by atoms with E-state index in [-0.39, 0.29) is 17.4 Å². The highest BCUT2D eigenvalue weighted by Gasteiger charge is 2.31. The number of hydrogen-bond donors (Lipinski definition) is 1. The first-order valence-electron chi connectivity index (χ1n) is 4.56. The normalized spacial score (nSPS) is 30.2. The zero-order valence-electron chi connectivity index (χ0n) is 7.96. The molecule has 0 saturated carbocycles. The van der Waals surface area contributed by atoms with Crippen molar-refractivity contribution in [3.8, 4) is 0 Å². The molecule has 1 nitrogen and oxygen atoms in total. The van der Waals surface area contributed by atoms with Crippen molar-refractivity contribution < 1.29 is 5.11 Å². The first kappa shape index (κ1) is 9.53. The van der Waals surface area contributed by atoms with Crippen LogP contribution in [0.5, 0.6) is 0 Å². The van der Waals surface area contributed by atoms with Gasteiger partial charge in [0.15, 0.2) is 0 Å². The third-order valence-corrected chi connectivity index (χ3v) is 2.77. The predicted molar refractivity (Wildman–Crippen MR) is 51.8 cm³/mol. The predicted octanol–water partition coefficient (Wildman–Crippen LogP) is 2.53. The fourth-order valence-electron chi connectivity index (χ4n) is 1.70. The molecule has 0 spiro atoms. The van der Waals surface area contributed by atoms with Crippen molar-refractivity contribution >= 4 is 0 Å². The van der Waals surface area contributed by atoms with Gasteiger partial charge < -0.3 is 5.11 Å². The minimum atomic E-state index is -0.192. The Labute approximate surface area is 74.8 Å². The second kappa shape index (κ2) is 3.44. The van der Waals surface area contributed by atoms with Crippen LogP contribution in [0.15, 0.2) is 24.8 Å². The summed E-state index contributed by atoms with van der Waals surface area (Å²) in [5, 5.41) is 9.74. The summed E-state index contributed by atoms with van der Waals surface area (Å²) in [6.07, 6.45) is 7.90. The molecule has 0 heterocycles. The number of allylic oxidation sites excluding steroid dienone is 2. The molecule has 1 aliphatic rings. The molecular weight excluding hydrogens is 148 g/mol. The zero-order chi connectivity index (χ0) is 9.19. The highest BCUT2D eigenvalue weighted by molar-refractivity contribution is 5.07. The maximum Gasteiger partial charge on any atom is 0.0613 e. The van der Waals surface area contributed by atoms with Gasteiger partial charge in [0.25, 0.3) is 0 Å². The first-order valence-corrected chi connectivity index (χ1v) is 4.56. The van der Waals surface area contributed by atoms with E-state index in [1.54, 1.807) is 0 Å². The smallest absolute Gasteiger partial charge is 0.0613 e. The topological polar surface area (TPSA) is 20.2 Å². The molecule has 2 unspecified atom stereocenters. The summed E-state index contributed by atoms with van der Waals surface area (Å²) in [6.45, 7) is 8.03. The molecule has 1 aliphatic carbocycles. The van der Waals surface area contributed by atoms with Gasteiger partial charge in [0.1, 0.15) is 0 Å². The van der Waals surface area contributed by atoms with Gasteiger partial charge in [0.05, 0.1) is 6.10 Å². The van der Waals surface area contributed by atoms with Gasteiger partial charge in [-0.1, -0.05) is 32.1 Å². The van der Waals surface area contributed by atoms with E-state index in [9.17, 15) is 5.11 Å². The van der Waals surface area contributed by atoms with Gasteiger partial charge in [-0.2, -0.15) is 0 Å². The Balaban J connectivity index is 2.78. The van der Waals surface area contributed by atoms with E-state index in [1.165, 1.54) is 0 Å². The molecule has 0 bridgehead atoms. The lowest BCUT2D eigenvalue weighted by molar-refractivity contribution is 0.0714. The van der Waals surface area contributed by atoms with E-state index in [2.05, 4.69) is 32.6 Å². The highest BCUT2D eigenvalue weighted by atomic mass is 16.3. The molecule has 0 aromatic rings. The quantitative estimate of drug-likeness (QED) is 0.625. The standard InChI is InChI=1S/C11H18O/c1-4-11(2,3)9-7-5-6-8-10(9)12/h4-5,7,9-10,12H,1,6,8H2,2-3H3. The van der Waals surface area contributed by atoms with Crippen molar-refractivity contribution in [1.29, 1.82) is 0 Å². The van der Waals surface area contributed by atoms with Crippen LogP contribution in [0.2, 0.25) is 0 Å². The monoisotopic (exact) mass is 166 g/mol. The van der Waals surface area contributed by atoms with Crippen molar-refractivity contribution in [2.75, 3.05) is 0 Å². The molecule has 1 heteroatoms. The number of rotatable bonds is 2. The maximum atomic E-state index is 9.74. The minimum Gasteiger partial charge on any atom is -0.392 e. The van der Waals surface area contributed by atoms with Crippen LogP contribution in [0.1, 0.15) is 26.7 Å². The second-order valence-corrected chi connectivity index (χ2v) is 4.12. The molecule has 68 valence electrons. The first-order chi connectivity index (χ1) is 5.58. The lowest BCUT2D eigenvalue weighted by atomic mass is 9.73. The second-order valence-electron chi connectivity index (χ2n) is 4.12. The summed E-state index contributed by atoms with van der Waals surface area (Å²) in [7, 11) is 0. The van der Waals surface area contributed by atoms with Gasteiger partial charge in [-0.25, -0.2) is 0 Å². The minimum absolute atomic E-state index is 0.0103. The fraction of sp³-hybridized carbons (Fsp3) is 0.636. The Morgan fingerprint density at radius 3 is 2.75 bits per heavy atom. The van der Waals surface area contributed by atoms with E-state index >= 15 is 0 Å². The maximum absolute atomic E-state index is 9.74. The van der Waals surface area contributed by atoms with Gasteiger partial charge >= 0.3 is 0 Å². The molecule has 1 N–H and O–H groups in total. The molecule has 12 heavy (non-hydrogen) atoms. The molecule has 0 aromatic heterocycles. The SMILES string of the molecule is C=CC(C)(C)C1C=CCCC1O. The van der Waals surface area contributed by atoms with Crippen LogP contribution in [0, 0.1) is 11.3 Å². The van der Waals surface area contributed by atoms with Crippen LogP contribution < -0.4 is 0 Å². The number of aliphatic hydroxyl groups excluding tert-OH is 1. The van der Waals surface area contributed by atoms with Gasteiger partial charge in [-0.05, 0) is 18.3 Å². The fourth-order valence-corrected chi connectivity index (χ4v) is 1.70. The summed E-state index contributed by atoms with van der Waals surface area (Å²) in [5.41, 5.74) is 0.0103. The van der Waals surface area contributed by atoms with E-state index < -0.39 is 0 Å². The van der Waals surface area contributed by atoms with E-state index in [1.807, 2.05) is 6.08 Å². The molecule has 0 aliphatic heterocycles. The van der Waals surface area contributed by atoms with Crippen molar-refractivity contribution in [2.24, 2.45) is 11.3 Å². The van der Waals surface area contributed by atoms with Gasteiger partial charge in [-0.3, -0.25) is 0 Å². The van der Waals surface area contributed by atoms with Crippen molar-refractivity contribution in [3.05, 3.63) is 24.8 Å². The summed E-state index contributed by atoms with van der Waals surface area (Å²) in [5.74, 6) is 0.240. The van der Waals surface area contributed by atoms with Crippen molar-refractivity contribution in [2.45, 2.75) is 32.8 Å². The molecule has 0 aromatic carbocycles. The van der Waals surface area contributed by atoms with E-state index in [4.69, 9.17) is 0 Å². The van der Waals surface area contributed by atoms with Crippen LogP contribution in [-0.2, 0) is 0 Å². The van der Waals surface area contributed by atoms with Crippen LogP contribution in [0.25, 0.3) is 0 Å². The molecule has 2 atom stereocenters. The Hall–Kier alpha value is -0.560. The summed E-state index contributed by atoms with van der Waals surface area (Å²) >= 11 is 0. The summed E-state index contributed by atoms with van der Waals surface area (Å²) in [4.78, 5) is 0. The van der Waals surface area contributed by atoms with Crippen LogP contribution in [0.3, 0.4) is 0 Å². The lowest BCUT2D eigenvalue weighted by Gasteiger charge is -2.34. The average molecular weight is 166 g/mol. The van der Waals surface area contributed by atoms with Crippen molar-refractivity contribution in [3.63, 3.8) is 0 Å². The third kappa shape index (κ3) is 1.78. The van der Waals surface area contributed by atoms with Gasteiger partial charge in [0.2, 0.25) is 0 Å². The molecule has 0 radical (unpaired) electrons. The van der Waals surface area contributed by atoms with Crippen LogP contribution in [-0.4, -0.2) is 11.2 Å². The van der Waals surface area contributed by atoms with Crippen LogP contribution in [0.4, 0.5) is 0 Å². The summed E-state index contributed by atoms with van der Waals surface area (Å²) in [6, 6.07) is 0. The molecular formula is C11H18O. The van der Waals surface area contributed by atoms with E-state index in [0.717, 1.165) is 12.8 Å². The number of aliphatic hydroxyl groups is 1. The third-order valence-electron chi connectivity index (χ3n) is 2.77. The highest BCUT2D eigenvalue weighted by Crippen LogP contribution is 2.35. The Kier molecular flexibility index (Phi) is 2.73. The Morgan fingerprint density at radius 2 is 2.25 bits per heavy atom. The van der Waals surface area contributed by atoms with E-state index in [0.29, 0.717) is 0 Å². The van der Waals surface area contributed by atoms with Gasteiger partial charge in [-0.15, -0.1) is 6.58 Å². The largest absolute Gasteiger partial charge is 0.392 e. The Bertz CT molecular complexity index is 191. The molecule has 1 rings (SSSR count). The molecule has 0 saturated heterocycles. The van der Waals surface area contributed by atoms with Crippen molar-refractivity contribution in [1.82, 2.24) is 0 Å². The average Bonchev–Trinajstić information content (AvgIpc) is 2.05. The van der Waals surface area contributed by atoms with Gasteiger partial charge in [0, 0.05) is 5.92 Å². The number of hydrogen-bond acceptors (Lipinski definition) is 1. The molecule has 0 fully saturated rings. The molecule has 0 amide bonds. The zero-order valence-corrected chi connectivity index (χ0v) is 7.96.